The first-order valence-electron chi connectivity index (χ1n) is 13.2. The number of phenols is 1. The number of fused-ring (bicyclic) bond motifs is 1. The van der Waals surface area contributed by atoms with Crippen LogP contribution in [0.15, 0.2) is 42.0 Å². The molecule has 2 N–H and O–H groups in total. The normalized spacial score (nSPS) is 22.9. The number of aliphatic hydroxyl groups excluding tert-OH is 1. The van der Waals surface area contributed by atoms with E-state index in [2.05, 4.69) is 4.90 Å². The summed E-state index contributed by atoms with van der Waals surface area (Å²) in [5.41, 5.74) is 2.01. The van der Waals surface area contributed by atoms with Crippen LogP contribution < -0.4 is 9.47 Å². The van der Waals surface area contributed by atoms with Crippen molar-refractivity contribution in [1.82, 2.24) is 9.80 Å². The molecule has 9 heteroatoms. The first-order chi connectivity index (χ1) is 18.4. The standard InChI is InChI=1S/C29H34N2O7/c1-3-37-24-17-19(5-7-22(24)32)26-25(27(33)20-6-8-23-21(16-20)15-18(2)38-23)28(34)29(35)31(26)10-4-9-30-11-13-36-14-12-30/h5-8,16-18,26,32-33H,3-4,9-15H2,1-2H3/b27-25+. The topological polar surface area (TPSA) is 109 Å². The molecule has 3 heterocycles. The van der Waals surface area contributed by atoms with Crippen LogP contribution >= 0.6 is 0 Å². The summed E-state index contributed by atoms with van der Waals surface area (Å²) < 4.78 is 16.8. The van der Waals surface area contributed by atoms with Gasteiger partial charge < -0.3 is 29.3 Å². The van der Waals surface area contributed by atoms with Crippen molar-refractivity contribution in [2.24, 2.45) is 0 Å². The maximum absolute atomic E-state index is 13.4. The molecule has 2 aromatic rings. The number of carbonyl (C=O) groups is 2. The zero-order valence-corrected chi connectivity index (χ0v) is 21.8. The summed E-state index contributed by atoms with van der Waals surface area (Å²) in [5.74, 6) is -0.621. The van der Waals surface area contributed by atoms with Gasteiger partial charge in [-0.15, -0.1) is 0 Å². The van der Waals surface area contributed by atoms with Crippen LogP contribution in [0.1, 0.15) is 43.0 Å². The highest BCUT2D eigenvalue weighted by molar-refractivity contribution is 6.46. The van der Waals surface area contributed by atoms with Gasteiger partial charge in [-0.05, 0) is 61.7 Å². The molecule has 38 heavy (non-hydrogen) atoms. The Morgan fingerprint density at radius 3 is 2.66 bits per heavy atom. The van der Waals surface area contributed by atoms with Crippen molar-refractivity contribution in [2.75, 3.05) is 46.0 Å². The molecule has 9 nitrogen and oxygen atoms in total. The minimum absolute atomic E-state index is 0.0291. The molecule has 202 valence electrons. The molecule has 0 radical (unpaired) electrons. The molecule has 0 saturated carbocycles. The third-order valence-corrected chi connectivity index (χ3v) is 7.29. The van der Waals surface area contributed by atoms with Crippen LogP contribution in [-0.2, 0) is 20.7 Å². The monoisotopic (exact) mass is 522 g/mol. The number of carbonyl (C=O) groups excluding carboxylic acids is 2. The number of phenolic OH excluding ortho intramolecular Hbond substituents is 1. The first kappa shape index (κ1) is 26.1. The molecule has 2 unspecified atom stereocenters. The molecule has 0 aliphatic carbocycles. The minimum atomic E-state index is -0.817. The van der Waals surface area contributed by atoms with Crippen LogP contribution in [0.3, 0.4) is 0 Å². The van der Waals surface area contributed by atoms with E-state index in [1.54, 1.807) is 24.3 Å². The molecular formula is C29H34N2O7. The number of hydrogen-bond acceptors (Lipinski definition) is 8. The number of ether oxygens (including phenoxy) is 3. The molecule has 2 atom stereocenters. The fourth-order valence-corrected chi connectivity index (χ4v) is 5.44. The zero-order valence-electron chi connectivity index (χ0n) is 21.8. The maximum Gasteiger partial charge on any atom is 0.295 e. The van der Waals surface area contributed by atoms with Crippen molar-refractivity contribution in [3.05, 3.63) is 58.7 Å². The highest BCUT2D eigenvalue weighted by Crippen LogP contribution is 2.42. The summed E-state index contributed by atoms with van der Waals surface area (Å²) in [7, 11) is 0. The lowest BCUT2D eigenvalue weighted by molar-refractivity contribution is -0.140. The fourth-order valence-electron chi connectivity index (χ4n) is 5.44. The molecule has 0 bridgehead atoms. The van der Waals surface area contributed by atoms with E-state index in [4.69, 9.17) is 14.2 Å². The predicted molar refractivity (Wildman–Crippen MR) is 140 cm³/mol. The van der Waals surface area contributed by atoms with E-state index in [1.807, 2.05) is 19.9 Å². The number of morpholine rings is 1. The van der Waals surface area contributed by atoms with Gasteiger partial charge >= 0.3 is 0 Å². The summed E-state index contributed by atoms with van der Waals surface area (Å²) >= 11 is 0. The van der Waals surface area contributed by atoms with Crippen LogP contribution in [0.25, 0.3) is 5.76 Å². The van der Waals surface area contributed by atoms with E-state index < -0.39 is 17.7 Å². The lowest BCUT2D eigenvalue weighted by Gasteiger charge is -2.29. The van der Waals surface area contributed by atoms with E-state index in [1.165, 1.54) is 11.0 Å². The van der Waals surface area contributed by atoms with E-state index in [9.17, 15) is 19.8 Å². The molecule has 3 aliphatic rings. The Morgan fingerprint density at radius 2 is 1.89 bits per heavy atom. The van der Waals surface area contributed by atoms with Crippen molar-refractivity contribution in [3.63, 3.8) is 0 Å². The molecule has 5 rings (SSSR count). The van der Waals surface area contributed by atoms with Gasteiger partial charge in [-0.2, -0.15) is 0 Å². The minimum Gasteiger partial charge on any atom is -0.507 e. The van der Waals surface area contributed by atoms with Gasteiger partial charge in [0, 0.05) is 38.2 Å². The second-order valence-corrected chi connectivity index (χ2v) is 9.92. The smallest absolute Gasteiger partial charge is 0.295 e. The molecule has 0 spiro atoms. The average molecular weight is 523 g/mol. The van der Waals surface area contributed by atoms with Gasteiger partial charge in [-0.25, -0.2) is 0 Å². The van der Waals surface area contributed by atoms with Crippen molar-refractivity contribution >= 4 is 17.4 Å². The Bertz CT molecular complexity index is 1250. The SMILES string of the molecule is CCOc1cc(C2/C(=C(\O)c3ccc4c(c3)CC(C)O4)C(=O)C(=O)N2CCCN2CCOCC2)ccc1O. The summed E-state index contributed by atoms with van der Waals surface area (Å²) in [6.45, 7) is 8.26. The Morgan fingerprint density at radius 1 is 1.11 bits per heavy atom. The highest BCUT2D eigenvalue weighted by Gasteiger charge is 2.46. The van der Waals surface area contributed by atoms with E-state index in [0.717, 1.165) is 30.9 Å². The van der Waals surface area contributed by atoms with Crippen molar-refractivity contribution in [3.8, 4) is 17.2 Å². The number of aliphatic hydroxyl groups is 1. The van der Waals surface area contributed by atoms with Crippen molar-refractivity contribution in [2.45, 2.75) is 38.8 Å². The number of hydrogen-bond donors (Lipinski definition) is 2. The lowest BCUT2D eigenvalue weighted by Crippen LogP contribution is -2.38. The number of Topliss-reactive ketones (excluding diaryl/α,β-unsaturated/α-hetero) is 1. The molecule has 1 amide bonds. The van der Waals surface area contributed by atoms with Crippen LogP contribution in [-0.4, -0.2) is 83.8 Å². The summed E-state index contributed by atoms with van der Waals surface area (Å²) in [6.07, 6.45) is 1.40. The van der Waals surface area contributed by atoms with E-state index in [-0.39, 0.29) is 28.9 Å². The lowest BCUT2D eigenvalue weighted by atomic mass is 9.94. The Hall–Kier alpha value is -3.56. The second kappa shape index (κ2) is 11.0. The Kier molecular flexibility index (Phi) is 7.58. The number of benzene rings is 2. The molecular weight excluding hydrogens is 488 g/mol. The highest BCUT2D eigenvalue weighted by atomic mass is 16.5. The third kappa shape index (κ3) is 5.08. The number of aromatic hydroxyl groups is 1. The van der Waals surface area contributed by atoms with Gasteiger partial charge in [-0.1, -0.05) is 6.07 Å². The van der Waals surface area contributed by atoms with Gasteiger partial charge in [0.2, 0.25) is 0 Å². The summed E-state index contributed by atoms with van der Waals surface area (Å²) in [4.78, 5) is 30.5. The molecule has 2 fully saturated rings. The zero-order chi connectivity index (χ0) is 26.8. The van der Waals surface area contributed by atoms with E-state index in [0.29, 0.717) is 50.3 Å². The van der Waals surface area contributed by atoms with Gasteiger partial charge in [-0.3, -0.25) is 14.5 Å². The molecule has 2 saturated heterocycles. The number of amides is 1. The van der Waals surface area contributed by atoms with Crippen molar-refractivity contribution in [1.29, 1.82) is 0 Å². The van der Waals surface area contributed by atoms with Gasteiger partial charge in [0.25, 0.3) is 11.7 Å². The maximum atomic E-state index is 13.4. The molecule has 0 aromatic heterocycles. The number of rotatable bonds is 8. The predicted octanol–water partition coefficient (Wildman–Crippen LogP) is 3.26. The molecule has 3 aliphatic heterocycles. The number of ketones is 1. The van der Waals surface area contributed by atoms with Gasteiger partial charge in [0.15, 0.2) is 11.5 Å². The Labute approximate surface area is 222 Å². The van der Waals surface area contributed by atoms with Crippen LogP contribution in [0, 0.1) is 0 Å². The third-order valence-electron chi connectivity index (χ3n) is 7.29. The van der Waals surface area contributed by atoms with E-state index >= 15 is 0 Å². The van der Waals surface area contributed by atoms with Crippen molar-refractivity contribution < 1.29 is 34.0 Å². The van der Waals surface area contributed by atoms with Gasteiger partial charge in [0.05, 0.1) is 31.4 Å². The fraction of sp³-hybridized carbons (Fsp3) is 0.448. The average Bonchev–Trinajstić information content (AvgIpc) is 3.41. The quantitative estimate of drug-likeness (QED) is 0.309. The van der Waals surface area contributed by atoms with Gasteiger partial charge in [0.1, 0.15) is 17.6 Å². The summed E-state index contributed by atoms with van der Waals surface area (Å²) in [5, 5.41) is 21.7. The van der Waals surface area contributed by atoms with Crippen LogP contribution in [0.5, 0.6) is 17.2 Å². The summed E-state index contributed by atoms with van der Waals surface area (Å²) in [6, 6.07) is 9.28. The second-order valence-electron chi connectivity index (χ2n) is 9.92. The number of likely N-dealkylation sites (tertiary alicyclic amines) is 1. The largest absolute Gasteiger partial charge is 0.507 e. The first-order valence-corrected chi connectivity index (χ1v) is 13.2. The molecule has 2 aromatic carbocycles. The Balaban J connectivity index is 1.51. The van der Waals surface area contributed by atoms with Crippen LogP contribution in [0.2, 0.25) is 0 Å². The van der Waals surface area contributed by atoms with Crippen LogP contribution in [0.4, 0.5) is 0 Å². The number of nitrogens with zero attached hydrogens (tertiary/aromatic N) is 2.